The van der Waals surface area contributed by atoms with Gasteiger partial charge in [0, 0.05) is 12.2 Å². The van der Waals surface area contributed by atoms with Gasteiger partial charge in [-0.25, -0.2) is 9.18 Å². The Morgan fingerprint density at radius 2 is 2.06 bits per heavy atom. The number of carbonyl (C=O) groups is 1. The Labute approximate surface area is 105 Å². The van der Waals surface area contributed by atoms with Gasteiger partial charge in [0.15, 0.2) is 0 Å². The predicted octanol–water partition coefficient (Wildman–Crippen LogP) is 2.11. The number of amides is 2. The van der Waals surface area contributed by atoms with Crippen LogP contribution in [0.15, 0.2) is 24.3 Å². The van der Waals surface area contributed by atoms with Gasteiger partial charge in [0.05, 0.1) is 6.10 Å². The molecule has 5 heteroatoms. The van der Waals surface area contributed by atoms with Crippen LogP contribution < -0.4 is 10.6 Å². The maximum atomic E-state index is 12.6. The van der Waals surface area contributed by atoms with E-state index in [0.717, 1.165) is 12.8 Å². The van der Waals surface area contributed by atoms with Crippen LogP contribution in [0, 0.1) is 11.7 Å². The first-order chi connectivity index (χ1) is 8.65. The molecule has 1 aliphatic carbocycles. The fourth-order valence-electron chi connectivity index (χ4n) is 1.76. The molecule has 0 bridgehead atoms. The molecular formula is C13H17FN2O2. The third-order valence-electron chi connectivity index (χ3n) is 2.99. The van der Waals surface area contributed by atoms with Crippen molar-refractivity contribution in [2.75, 3.05) is 11.9 Å². The normalized spacial score (nSPS) is 16.1. The minimum atomic E-state index is -0.343. The standard InChI is InChI=1S/C13H17FN2O2/c14-10-3-5-11(6-4-10)16-13(18)15-8-7-12(17)9-1-2-9/h3-6,9,12,17H,1-2,7-8H2,(H2,15,16,18)/t12-/m1/s1. The third-order valence-corrected chi connectivity index (χ3v) is 2.99. The number of aliphatic hydroxyl groups excluding tert-OH is 1. The van der Waals surface area contributed by atoms with Crippen LogP contribution in [0.4, 0.5) is 14.9 Å². The van der Waals surface area contributed by atoms with Gasteiger partial charge in [0.25, 0.3) is 0 Å². The molecule has 2 rings (SSSR count). The van der Waals surface area contributed by atoms with Crippen LogP contribution in [0.25, 0.3) is 0 Å². The lowest BCUT2D eigenvalue weighted by Gasteiger charge is -2.10. The summed E-state index contributed by atoms with van der Waals surface area (Å²) in [5.74, 6) is 0.0838. The first-order valence-corrected chi connectivity index (χ1v) is 6.13. The number of hydrogen-bond donors (Lipinski definition) is 3. The highest BCUT2D eigenvalue weighted by Crippen LogP contribution is 2.33. The number of rotatable bonds is 5. The molecule has 2 amide bonds. The maximum Gasteiger partial charge on any atom is 0.319 e. The first kappa shape index (κ1) is 12.8. The SMILES string of the molecule is O=C(NCC[C@@H](O)C1CC1)Nc1ccc(F)cc1. The zero-order valence-electron chi connectivity index (χ0n) is 10.0. The zero-order chi connectivity index (χ0) is 13.0. The molecule has 4 nitrogen and oxygen atoms in total. The van der Waals surface area contributed by atoms with E-state index in [9.17, 15) is 14.3 Å². The minimum Gasteiger partial charge on any atom is -0.393 e. The summed E-state index contributed by atoms with van der Waals surface area (Å²) in [6.07, 6.45) is 2.43. The Bertz CT molecular complexity index is 404. The summed E-state index contributed by atoms with van der Waals surface area (Å²) in [4.78, 5) is 11.5. The van der Waals surface area contributed by atoms with Gasteiger partial charge in [-0.3, -0.25) is 0 Å². The maximum absolute atomic E-state index is 12.6. The van der Waals surface area contributed by atoms with E-state index in [1.54, 1.807) is 0 Å². The molecule has 0 aliphatic heterocycles. The fourth-order valence-corrected chi connectivity index (χ4v) is 1.76. The number of nitrogens with one attached hydrogen (secondary N) is 2. The highest BCUT2D eigenvalue weighted by molar-refractivity contribution is 5.89. The molecule has 0 heterocycles. The molecule has 0 spiro atoms. The van der Waals surface area contributed by atoms with Gasteiger partial charge >= 0.3 is 6.03 Å². The van der Waals surface area contributed by atoms with Crippen molar-refractivity contribution in [3.63, 3.8) is 0 Å². The van der Waals surface area contributed by atoms with Crippen molar-refractivity contribution in [2.24, 2.45) is 5.92 Å². The second kappa shape index (κ2) is 5.82. The van der Waals surface area contributed by atoms with Crippen molar-refractivity contribution < 1.29 is 14.3 Å². The second-order valence-electron chi connectivity index (χ2n) is 4.58. The highest BCUT2D eigenvalue weighted by atomic mass is 19.1. The lowest BCUT2D eigenvalue weighted by molar-refractivity contribution is 0.142. The van der Waals surface area contributed by atoms with Gasteiger partial charge in [0.2, 0.25) is 0 Å². The molecule has 0 radical (unpaired) electrons. The Kier molecular flexibility index (Phi) is 4.15. The number of halogens is 1. The molecule has 0 saturated heterocycles. The van der Waals surface area contributed by atoms with Crippen molar-refractivity contribution in [1.82, 2.24) is 5.32 Å². The van der Waals surface area contributed by atoms with Crippen LogP contribution in [0.2, 0.25) is 0 Å². The molecule has 3 N–H and O–H groups in total. The molecule has 18 heavy (non-hydrogen) atoms. The fraction of sp³-hybridized carbons (Fsp3) is 0.462. The Morgan fingerprint density at radius 3 is 2.67 bits per heavy atom. The number of benzene rings is 1. The summed E-state index contributed by atoms with van der Waals surface area (Å²) in [5.41, 5.74) is 0.539. The Balaban J connectivity index is 1.66. The molecule has 98 valence electrons. The summed E-state index contributed by atoms with van der Waals surface area (Å²) in [6.45, 7) is 0.435. The Morgan fingerprint density at radius 1 is 1.39 bits per heavy atom. The smallest absolute Gasteiger partial charge is 0.319 e. The molecule has 0 unspecified atom stereocenters. The quantitative estimate of drug-likeness (QED) is 0.751. The number of aliphatic hydroxyl groups is 1. The van der Waals surface area contributed by atoms with Gasteiger partial charge in [-0.2, -0.15) is 0 Å². The molecule has 0 aromatic heterocycles. The van der Waals surface area contributed by atoms with Gasteiger partial charge in [-0.15, -0.1) is 0 Å². The van der Waals surface area contributed by atoms with Gasteiger partial charge in [-0.05, 0) is 49.4 Å². The van der Waals surface area contributed by atoms with Crippen LogP contribution in [0.3, 0.4) is 0 Å². The van der Waals surface area contributed by atoms with E-state index in [2.05, 4.69) is 10.6 Å². The monoisotopic (exact) mass is 252 g/mol. The van der Waals surface area contributed by atoms with E-state index in [4.69, 9.17) is 0 Å². The topological polar surface area (TPSA) is 61.4 Å². The molecule has 1 atom stereocenters. The average Bonchev–Trinajstić information content (AvgIpc) is 3.16. The highest BCUT2D eigenvalue weighted by Gasteiger charge is 2.29. The predicted molar refractivity (Wildman–Crippen MR) is 66.8 cm³/mol. The lowest BCUT2D eigenvalue weighted by atomic mass is 10.2. The summed E-state index contributed by atoms with van der Waals surface area (Å²) in [7, 11) is 0. The minimum absolute atomic E-state index is 0.309. The lowest BCUT2D eigenvalue weighted by Crippen LogP contribution is -2.31. The van der Waals surface area contributed by atoms with E-state index in [1.807, 2.05) is 0 Å². The largest absolute Gasteiger partial charge is 0.393 e. The molecule has 1 aromatic rings. The Hall–Kier alpha value is -1.62. The number of hydrogen-bond acceptors (Lipinski definition) is 2. The van der Waals surface area contributed by atoms with Crippen molar-refractivity contribution in [1.29, 1.82) is 0 Å². The van der Waals surface area contributed by atoms with Crippen molar-refractivity contribution >= 4 is 11.7 Å². The van der Waals surface area contributed by atoms with Crippen molar-refractivity contribution in [3.8, 4) is 0 Å². The summed E-state index contributed by atoms with van der Waals surface area (Å²) >= 11 is 0. The average molecular weight is 252 g/mol. The molecular weight excluding hydrogens is 235 g/mol. The van der Waals surface area contributed by atoms with Crippen LogP contribution in [-0.4, -0.2) is 23.8 Å². The van der Waals surface area contributed by atoms with E-state index < -0.39 is 0 Å². The second-order valence-corrected chi connectivity index (χ2v) is 4.58. The van der Waals surface area contributed by atoms with E-state index >= 15 is 0 Å². The van der Waals surface area contributed by atoms with E-state index in [0.29, 0.717) is 24.6 Å². The number of urea groups is 1. The summed E-state index contributed by atoms with van der Waals surface area (Å²) in [6, 6.07) is 5.21. The molecule has 1 fully saturated rings. The molecule has 1 aliphatic rings. The molecule has 1 aromatic carbocycles. The van der Waals surface area contributed by atoms with Crippen molar-refractivity contribution in [3.05, 3.63) is 30.1 Å². The van der Waals surface area contributed by atoms with Crippen molar-refractivity contribution in [2.45, 2.75) is 25.4 Å². The zero-order valence-corrected chi connectivity index (χ0v) is 10.0. The summed E-state index contributed by atoms with van der Waals surface area (Å²) in [5, 5.41) is 14.9. The van der Waals surface area contributed by atoms with E-state index in [1.165, 1.54) is 24.3 Å². The van der Waals surface area contributed by atoms with Crippen LogP contribution in [-0.2, 0) is 0 Å². The van der Waals surface area contributed by atoms with Crippen LogP contribution in [0.1, 0.15) is 19.3 Å². The number of anilines is 1. The summed E-state index contributed by atoms with van der Waals surface area (Å²) < 4.78 is 12.6. The van der Waals surface area contributed by atoms with E-state index in [-0.39, 0.29) is 18.0 Å². The van der Waals surface area contributed by atoms with Gasteiger partial charge in [0.1, 0.15) is 5.82 Å². The van der Waals surface area contributed by atoms with Gasteiger partial charge < -0.3 is 15.7 Å². The number of carbonyl (C=O) groups excluding carboxylic acids is 1. The van der Waals surface area contributed by atoms with Crippen LogP contribution in [0.5, 0.6) is 0 Å². The van der Waals surface area contributed by atoms with Crippen LogP contribution >= 0.6 is 0 Å². The third kappa shape index (κ3) is 4.00. The first-order valence-electron chi connectivity index (χ1n) is 6.13. The molecule has 1 saturated carbocycles. The van der Waals surface area contributed by atoms with Gasteiger partial charge in [-0.1, -0.05) is 0 Å².